The zero-order chi connectivity index (χ0) is 22.2. The summed E-state index contributed by atoms with van der Waals surface area (Å²) in [6, 6.07) is 13.0. The summed E-state index contributed by atoms with van der Waals surface area (Å²) in [6.45, 7) is 0.376. The normalized spacial score (nSPS) is 10.7. The zero-order valence-electron chi connectivity index (χ0n) is 15.9. The molecule has 31 heavy (non-hydrogen) atoms. The summed E-state index contributed by atoms with van der Waals surface area (Å²) in [5.74, 6) is -0.622. The van der Waals surface area contributed by atoms with Crippen LogP contribution >= 0.6 is 27.3 Å². The molecule has 1 aromatic heterocycles. The molecule has 0 unspecified atom stereocenters. The molecule has 158 valence electrons. The van der Waals surface area contributed by atoms with Gasteiger partial charge in [0.1, 0.15) is 5.01 Å². The van der Waals surface area contributed by atoms with Gasteiger partial charge in [-0.1, -0.05) is 45.5 Å². The first kappa shape index (κ1) is 22.2. The number of nitrogens with zero attached hydrogens (tertiary/aromatic N) is 3. The van der Waals surface area contributed by atoms with Crippen LogP contribution in [0.25, 0.3) is 6.08 Å². The van der Waals surface area contributed by atoms with Gasteiger partial charge in [-0.25, -0.2) is 0 Å². The number of aromatic nitrogens is 2. The van der Waals surface area contributed by atoms with E-state index in [9.17, 15) is 19.7 Å². The Balaban J connectivity index is 1.48. The maximum Gasteiger partial charge on any atom is 0.270 e. The third kappa shape index (κ3) is 6.79. The fraction of sp³-hybridized carbons (Fsp3) is 0.100. The molecule has 0 fully saturated rings. The Kier molecular flexibility index (Phi) is 7.57. The van der Waals surface area contributed by atoms with Gasteiger partial charge in [-0.15, -0.1) is 10.2 Å². The summed E-state index contributed by atoms with van der Waals surface area (Å²) in [5, 5.41) is 25.1. The number of carbonyl (C=O) groups is 2. The van der Waals surface area contributed by atoms with Crippen molar-refractivity contribution in [2.75, 3.05) is 11.9 Å². The fourth-order valence-corrected chi connectivity index (χ4v) is 3.62. The van der Waals surface area contributed by atoms with Gasteiger partial charge in [0.15, 0.2) is 0 Å². The first-order valence-corrected chi connectivity index (χ1v) is 10.6. The van der Waals surface area contributed by atoms with Crippen LogP contribution in [0.4, 0.5) is 10.8 Å². The van der Waals surface area contributed by atoms with Gasteiger partial charge in [-0.3, -0.25) is 25.0 Å². The number of non-ortho nitro benzene ring substituents is 1. The number of carbonyl (C=O) groups excluding carboxylic acids is 2. The highest BCUT2D eigenvalue weighted by Gasteiger charge is 2.09. The minimum atomic E-state index is -0.499. The Morgan fingerprint density at radius 2 is 1.97 bits per heavy atom. The number of anilines is 1. The van der Waals surface area contributed by atoms with Gasteiger partial charge in [-0.05, 0) is 29.8 Å². The number of nitro benzene ring substituents is 1. The van der Waals surface area contributed by atoms with Crippen molar-refractivity contribution in [1.29, 1.82) is 0 Å². The predicted octanol–water partition coefficient (Wildman–Crippen LogP) is 3.83. The van der Waals surface area contributed by atoms with E-state index >= 15 is 0 Å². The molecule has 11 heteroatoms. The quantitative estimate of drug-likeness (QED) is 0.274. The van der Waals surface area contributed by atoms with Crippen LogP contribution in [-0.4, -0.2) is 33.5 Å². The molecule has 1 heterocycles. The molecule has 0 spiro atoms. The molecule has 0 aliphatic carbocycles. The predicted molar refractivity (Wildman–Crippen MR) is 121 cm³/mol. The van der Waals surface area contributed by atoms with Crippen molar-refractivity contribution in [1.82, 2.24) is 15.5 Å². The number of halogens is 1. The summed E-state index contributed by atoms with van der Waals surface area (Å²) in [7, 11) is 0. The Bertz CT molecular complexity index is 1150. The van der Waals surface area contributed by atoms with E-state index in [0.29, 0.717) is 34.2 Å². The monoisotopic (exact) mass is 501 g/mol. The third-order valence-corrected chi connectivity index (χ3v) is 5.31. The van der Waals surface area contributed by atoms with Crippen LogP contribution in [0, 0.1) is 10.1 Å². The molecular weight excluding hydrogens is 486 g/mol. The first-order valence-electron chi connectivity index (χ1n) is 9.00. The highest BCUT2D eigenvalue weighted by atomic mass is 79.9. The lowest BCUT2D eigenvalue weighted by molar-refractivity contribution is -0.384. The van der Waals surface area contributed by atoms with Crippen LogP contribution in [0.5, 0.6) is 0 Å². The van der Waals surface area contributed by atoms with E-state index in [4.69, 9.17) is 0 Å². The maximum atomic E-state index is 12.1. The SMILES string of the molecule is O=C(/C=C/c1cccc([N+](=O)[O-])c1)Nc1nnc(CCNC(=O)c2cccc(Br)c2)s1. The van der Waals surface area contributed by atoms with E-state index in [-0.39, 0.29) is 11.6 Å². The summed E-state index contributed by atoms with van der Waals surface area (Å²) >= 11 is 4.53. The maximum absolute atomic E-state index is 12.1. The van der Waals surface area contributed by atoms with E-state index in [0.717, 1.165) is 4.47 Å². The molecule has 0 aliphatic rings. The first-order chi connectivity index (χ1) is 14.9. The molecule has 0 bridgehead atoms. The van der Waals surface area contributed by atoms with E-state index in [1.54, 1.807) is 30.3 Å². The number of hydrogen-bond donors (Lipinski definition) is 2. The summed E-state index contributed by atoms with van der Waals surface area (Å²) in [4.78, 5) is 34.5. The van der Waals surface area contributed by atoms with Crippen molar-refractivity contribution >= 4 is 56.0 Å². The van der Waals surface area contributed by atoms with E-state index in [1.165, 1.54) is 35.6 Å². The minimum absolute atomic E-state index is 0.0525. The van der Waals surface area contributed by atoms with E-state index in [1.807, 2.05) is 6.07 Å². The second-order valence-corrected chi connectivity index (χ2v) is 8.17. The molecule has 3 rings (SSSR count). The topological polar surface area (TPSA) is 127 Å². The molecule has 3 aromatic rings. The molecular formula is C20H16BrN5O4S. The lowest BCUT2D eigenvalue weighted by Gasteiger charge is -2.04. The Morgan fingerprint density at radius 1 is 1.16 bits per heavy atom. The largest absolute Gasteiger partial charge is 0.352 e. The summed E-state index contributed by atoms with van der Waals surface area (Å²) < 4.78 is 0.823. The summed E-state index contributed by atoms with van der Waals surface area (Å²) in [6.07, 6.45) is 3.21. The molecule has 0 aliphatic heterocycles. The number of nitro groups is 1. The van der Waals surface area contributed by atoms with E-state index < -0.39 is 10.8 Å². The van der Waals surface area contributed by atoms with Gasteiger partial charge in [0.2, 0.25) is 11.0 Å². The standard InChI is InChI=1S/C20H16BrN5O4S/c21-15-5-2-4-14(12-15)19(28)22-10-9-18-24-25-20(31-18)23-17(27)8-7-13-3-1-6-16(11-13)26(29)30/h1-8,11-12H,9-10H2,(H,22,28)(H,23,25,27)/b8-7+. The van der Waals surface area contributed by atoms with Crippen molar-refractivity contribution in [3.63, 3.8) is 0 Å². The third-order valence-electron chi connectivity index (χ3n) is 3.92. The second kappa shape index (κ2) is 10.5. The molecule has 2 amide bonds. The lowest BCUT2D eigenvalue weighted by Crippen LogP contribution is -2.25. The fourth-order valence-electron chi connectivity index (χ4n) is 2.48. The second-order valence-electron chi connectivity index (χ2n) is 6.19. The van der Waals surface area contributed by atoms with Crippen molar-refractivity contribution in [3.05, 3.63) is 85.3 Å². The number of rotatable bonds is 8. The molecule has 2 aromatic carbocycles. The van der Waals surface area contributed by atoms with Gasteiger partial charge < -0.3 is 5.32 Å². The van der Waals surface area contributed by atoms with Crippen molar-refractivity contribution < 1.29 is 14.5 Å². The van der Waals surface area contributed by atoms with Gasteiger partial charge in [-0.2, -0.15) is 0 Å². The number of hydrogen-bond acceptors (Lipinski definition) is 7. The Hall–Kier alpha value is -3.44. The van der Waals surface area contributed by atoms with Crippen LogP contribution < -0.4 is 10.6 Å². The molecule has 0 radical (unpaired) electrons. The van der Waals surface area contributed by atoms with Gasteiger partial charge in [0, 0.05) is 41.2 Å². The van der Waals surface area contributed by atoms with E-state index in [2.05, 4.69) is 36.8 Å². The number of amides is 2. The highest BCUT2D eigenvalue weighted by Crippen LogP contribution is 2.17. The molecule has 0 atom stereocenters. The number of benzene rings is 2. The number of nitrogens with one attached hydrogen (secondary N) is 2. The van der Waals surface area contributed by atoms with Gasteiger partial charge in [0.05, 0.1) is 4.92 Å². The summed E-state index contributed by atoms with van der Waals surface area (Å²) in [5.41, 5.74) is 1.03. The average Bonchev–Trinajstić information content (AvgIpc) is 3.19. The van der Waals surface area contributed by atoms with Crippen LogP contribution in [0.15, 0.2) is 59.1 Å². The van der Waals surface area contributed by atoms with Crippen LogP contribution in [-0.2, 0) is 11.2 Å². The molecule has 2 N–H and O–H groups in total. The highest BCUT2D eigenvalue weighted by molar-refractivity contribution is 9.10. The van der Waals surface area contributed by atoms with Crippen LogP contribution in [0.3, 0.4) is 0 Å². The van der Waals surface area contributed by atoms with Crippen molar-refractivity contribution in [2.24, 2.45) is 0 Å². The molecule has 0 saturated carbocycles. The Labute approximate surface area is 189 Å². The lowest BCUT2D eigenvalue weighted by atomic mass is 10.2. The minimum Gasteiger partial charge on any atom is -0.352 e. The smallest absolute Gasteiger partial charge is 0.270 e. The average molecular weight is 502 g/mol. The zero-order valence-corrected chi connectivity index (χ0v) is 18.4. The van der Waals surface area contributed by atoms with Crippen molar-refractivity contribution in [2.45, 2.75) is 6.42 Å². The molecule has 0 saturated heterocycles. The molecule has 9 nitrogen and oxygen atoms in total. The van der Waals surface area contributed by atoms with Crippen LogP contribution in [0.1, 0.15) is 20.9 Å². The van der Waals surface area contributed by atoms with Crippen LogP contribution in [0.2, 0.25) is 0 Å². The van der Waals surface area contributed by atoms with Gasteiger partial charge in [0.25, 0.3) is 11.6 Å². The van der Waals surface area contributed by atoms with Gasteiger partial charge >= 0.3 is 0 Å². The Morgan fingerprint density at radius 3 is 2.74 bits per heavy atom. The van der Waals surface area contributed by atoms with Crippen molar-refractivity contribution in [3.8, 4) is 0 Å².